The minimum atomic E-state index is -1.28. The molecule has 0 saturated heterocycles. The molecule has 0 heterocycles. The summed E-state index contributed by atoms with van der Waals surface area (Å²) in [5.41, 5.74) is 8.70. The third-order valence-electron chi connectivity index (χ3n) is 4.22. The summed E-state index contributed by atoms with van der Waals surface area (Å²) in [5, 5.41) is 0. The number of rotatable bonds is 2. The van der Waals surface area contributed by atoms with Gasteiger partial charge in [-0.2, -0.15) is 0 Å². The zero-order valence-electron chi connectivity index (χ0n) is 12.7. The van der Waals surface area contributed by atoms with Crippen molar-refractivity contribution in [3.63, 3.8) is 0 Å². The molecule has 2 aromatic carbocycles. The first kappa shape index (κ1) is 14.0. The Morgan fingerprint density at radius 1 is 0.900 bits per heavy atom. The molecule has 0 bridgehead atoms. The van der Waals surface area contributed by atoms with E-state index in [1.807, 2.05) is 0 Å². The fraction of sp³-hybridized carbons (Fsp3) is 0.263. The van der Waals surface area contributed by atoms with Gasteiger partial charge in [-0.3, -0.25) is 0 Å². The van der Waals surface area contributed by atoms with Crippen molar-refractivity contribution in [1.29, 1.82) is 0 Å². The zero-order chi connectivity index (χ0) is 14.3. The van der Waals surface area contributed by atoms with E-state index in [1.165, 1.54) is 22.3 Å². The molecule has 0 aliphatic heterocycles. The van der Waals surface area contributed by atoms with Gasteiger partial charge in [0.05, 0.1) is 0 Å². The zero-order valence-corrected chi connectivity index (χ0v) is 15.2. The molecule has 3 rings (SSSR count). The van der Waals surface area contributed by atoms with Gasteiger partial charge in [-0.15, -0.1) is 0 Å². The van der Waals surface area contributed by atoms with Crippen LogP contribution in [0.2, 0.25) is 9.26 Å². The van der Waals surface area contributed by atoms with Gasteiger partial charge in [-0.05, 0) is 0 Å². The maximum atomic E-state index is 2.51. The van der Waals surface area contributed by atoms with Crippen molar-refractivity contribution in [2.45, 2.75) is 26.7 Å². The molecule has 20 heavy (non-hydrogen) atoms. The molecule has 0 aromatic heterocycles. The molecular formula is C19H21Zr. The molecule has 0 radical (unpaired) electrons. The van der Waals surface area contributed by atoms with Crippen LogP contribution in [0, 0.1) is 6.92 Å². The predicted octanol–water partition coefficient (Wildman–Crippen LogP) is 5.83. The molecular weight excluding hydrogens is 319 g/mol. The van der Waals surface area contributed by atoms with Crippen molar-refractivity contribution in [2.75, 3.05) is 0 Å². The summed E-state index contributed by atoms with van der Waals surface area (Å²) < 4.78 is 5.80. The first-order valence-electron chi connectivity index (χ1n) is 7.26. The van der Waals surface area contributed by atoms with E-state index >= 15 is 0 Å². The number of hydrogen-bond acceptors (Lipinski definition) is 0. The van der Waals surface area contributed by atoms with Crippen molar-refractivity contribution in [2.24, 2.45) is 0 Å². The van der Waals surface area contributed by atoms with Crippen LogP contribution in [0.25, 0.3) is 17.2 Å². The molecule has 2 aromatic rings. The summed E-state index contributed by atoms with van der Waals surface area (Å²) in [6.07, 6.45) is 2.43. The molecule has 1 aliphatic rings. The normalized spacial score (nSPS) is 16.8. The van der Waals surface area contributed by atoms with E-state index in [9.17, 15) is 0 Å². The Labute approximate surface area is 130 Å². The molecule has 0 amide bonds. The third-order valence-corrected chi connectivity index (χ3v) is 8.94. The van der Waals surface area contributed by atoms with E-state index < -0.39 is 21.8 Å². The van der Waals surface area contributed by atoms with E-state index in [1.54, 1.807) is 11.1 Å². The van der Waals surface area contributed by atoms with Crippen LogP contribution in [0.1, 0.15) is 27.2 Å². The Bertz CT molecular complexity index is 663. The van der Waals surface area contributed by atoms with E-state index in [-0.39, 0.29) is 0 Å². The van der Waals surface area contributed by atoms with Gasteiger partial charge in [0, 0.05) is 0 Å². The average molecular weight is 341 g/mol. The quantitative estimate of drug-likeness (QED) is 0.645. The average Bonchev–Trinajstić information content (AvgIpc) is 2.75. The van der Waals surface area contributed by atoms with Gasteiger partial charge in [0.2, 0.25) is 0 Å². The third kappa shape index (κ3) is 2.37. The van der Waals surface area contributed by atoms with Crippen molar-refractivity contribution in [3.05, 3.63) is 64.7 Å². The molecule has 0 fully saturated rings. The summed E-state index contributed by atoms with van der Waals surface area (Å²) in [6, 6.07) is 15.8. The van der Waals surface area contributed by atoms with E-state index in [0.717, 1.165) is 3.63 Å². The van der Waals surface area contributed by atoms with Gasteiger partial charge < -0.3 is 0 Å². The standard InChI is InChI=1S/C17H15.2CH3.Zr/c1-12-6-8-14(9-7-12)16-5-3-4-15-10-13(2)11-17(15)16;;;/h3-11H,1-2H3;2*1H3;. The molecule has 0 nitrogen and oxygen atoms in total. The van der Waals surface area contributed by atoms with Gasteiger partial charge in [-0.25, -0.2) is 0 Å². The summed E-state index contributed by atoms with van der Waals surface area (Å²) in [7, 11) is 0. The summed E-state index contributed by atoms with van der Waals surface area (Å²) >= 11 is -1.28. The SMILES string of the molecule is CC1=Cc2c(-c3ccc(C)cc3)cccc2[CH]1[Zr]([CH3])[CH3]. The monoisotopic (exact) mass is 339 g/mol. The van der Waals surface area contributed by atoms with Crippen LogP contribution < -0.4 is 0 Å². The molecule has 0 N–H and O–H groups in total. The van der Waals surface area contributed by atoms with Crippen LogP contribution in [-0.2, 0) is 21.8 Å². The van der Waals surface area contributed by atoms with Crippen molar-refractivity contribution in [3.8, 4) is 11.1 Å². The molecule has 0 spiro atoms. The Hall–Kier alpha value is -0.937. The van der Waals surface area contributed by atoms with Crippen LogP contribution in [0.15, 0.2) is 48.0 Å². The van der Waals surface area contributed by atoms with Crippen LogP contribution in [0.5, 0.6) is 0 Å². The molecule has 1 aliphatic carbocycles. The Balaban J connectivity index is 2.15. The molecule has 1 atom stereocenters. The summed E-state index contributed by atoms with van der Waals surface area (Å²) in [4.78, 5) is 0. The van der Waals surface area contributed by atoms with Gasteiger partial charge in [0.1, 0.15) is 0 Å². The first-order valence-corrected chi connectivity index (χ1v) is 13.6. The first-order chi connectivity index (χ1) is 9.58. The van der Waals surface area contributed by atoms with Crippen molar-refractivity contribution < 1.29 is 21.8 Å². The second kappa shape index (κ2) is 5.45. The summed E-state index contributed by atoms with van der Waals surface area (Å²) in [5.74, 6) is 0. The van der Waals surface area contributed by atoms with Gasteiger partial charge >= 0.3 is 130 Å². The van der Waals surface area contributed by atoms with E-state index in [4.69, 9.17) is 0 Å². The van der Waals surface area contributed by atoms with Crippen molar-refractivity contribution in [1.82, 2.24) is 0 Å². The number of aryl methyl sites for hydroxylation is 1. The van der Waals surface area contributed by atoms with Crippen LogP contribution in [0.3, 0.4) is 0 Å². The molecule has 1 unspecified atom stereocenters. The Morgan fingerprint density at radius 3 is 2.25 bits per heavy atom. The predicted molar refractivity (Wildman–Crippen MR) is 84.7 cm³/mol. The topological polar surface area (TPSA) is 0 Å². The maximum absolute atomic E-state index is 2.51. The van der Waals surface area contributed by atoms with Crippen LogP contribution >= 0.6 is 0 Å². The number of hydrogen-bond donors (Lipinski definition) is 0. The number of benzene rings is 2. The fourth-order valence-corrected chi connectivity index (χ4v) is 7.89. The second-order valence-electron chi connectivity index (χ2n) is 6.07. The van der Waals surface area contributed by atoms with E-state index in [0.29, 0.717) is 0 Å². The fourth-order valence-electron chi connectivity index (χ4n) is 3.30. The summed E-state index contributed by atoms with van der Waals surface area (Å²) in [6.45, 7) is 4.46. The van der Waals surface area contributed by atoms with Gasteiger partial charge in [0.15, 0.2) is 0 Å². The Morgan fingerprint density at radius 2 is 1.60 bits per heavy atom. The van der Waals surface area contributed by atoms with Crippen molar-refractivity contribution >= 4 is 6.08 Å². The van der Waals surface area contributed by atoms with Gasteiger partial charge in [0.25, 0.3) is 0 Å². The van der Waals surface area contributed by atoms with Crippen LogP contribution in [0.4, 0.5) is 0 Å². The number of fused-ring (bicyclic) bond motifs is 1. The second-order valence-corrected chi connectivity index (χ2v) is 12.8. The molecule has 0 saturated carbocycles. The number of allylic oxidation sites excluding steroid dienone is 1. The molecule has 1 heteroatoms. The Kier molecular flexibility index (Phi) is 3.82. The van der Waals surface area contributed by atoms with Gasteiger partial charge in [-0.1, -0.05) is 0 Å². The van der Waals surface area contributed by atoms with E-state index in [2.05, 4.69) is 71.7 Å². The molecule has 101 valence electrons. The van der Waals surface area contributed by atoms with Crippen LogP contribution in [-0.4, -0.2) is 0 Å². The minimum absolute atomic E-state index is 0.776.